The Morgan fingerprint density at radius 2 is 2.17 bits per heavy atom. The van der Waals surface area contributed by atoms with Crippen molar-refractivity contribution in [2.24, 2.45) is 5.92 Å². The molecule has 1 aliphatic rings. The first-order chi connectivity index (χ1) is 14.0. The SMILES string of the molecule is CNC/C=C\C(=C/CF)c1cc2nccnc2c(NCC2CNCCC2(F)F)n1. The van der Waals surface area contributed by atoms with Crippen molar-refractivity contribution in [1.82, 2.24) is 25.6 Å². The van der Waals surface area contributed by atoms with Gasteiger partial charge in [-0.1, -0.05) is 12.2 Å². The summed E-state index contributed by atoms with van der Waals surface area (Å²) < 4.78 is 41.4. The summed E-state index contributed by atoms with van der Waals surface area (Å²) >= 11 is 0. The molecule has 0 bridgehead atoms. The van der Waals surface area contributed by atoms with Gasteiger partial charge in [-0.2, -0.15) is 0 Å². The fraction of sp³-hybridized carbons (Fsp3) is 0.450. The molecule has 1 unspecified atom stereocenters. The number of allylic oxidation sites excluding steroid dienone is 3. The molecule has 0 spiro atoms. The minimum Gasteiger partial charge on any atom is -0.368 e. The molecule has 6 nitrogen and oxygen atoms in total. The average molecular weight is 406 g/mol. The Hall–Kier alpha value is -2.52. The smallest absolute Gasteiger partial charge is 0.255 e. The second-order valence-corrected chi connectivity index (χ2v) is 6.85. The molecule has 3 heterocycles. The fourth-order valence-corrected chi connectivity index (χ4v) is 3.21. The van der Waals surface area contributed by atoms with Gasteiger partial charge >= 0.3 is 0 Å². The Morgan fingerprint density at radius 3 is 2.93 bits per heavy atom. The van der Waals surface area contributed by atoms with Crippen LogP contribution in [0.25, 0.3) is 16.6 Å². The van der Waals surface area contributed by atoms with Crippen molar-refractivity contribution in [2.45, 2.75) is 12.3 Å². The van der Waals surface area contributed by atoms with Crippen LogP contribution >= 0.6 is 0 Å². The molecule has 0 radical (unpaired) electrons. The van der Waals surface area contributed by atoms with Crippen molar-refractivity contribution < 1.29 is 13.2 Å². The van der Waals surface area contributed by atoms with E-state index in [0.29, 0.717) is 41.2 Å². The van der Waals surface area contributed by atoms with E-state index in [4.69, 9.17) is 0 Å². The summed E-state index contributed by atoms with van der Waals surface area (Å²) in [5.41, 5.74) is 2.13. The molecule has 1 aliphatic heterocycles. The molecule has 0 aliphatic carbocycles. The molecule has 29 heavy (non-hydrogen) atoms. The number of hydrogen-bond acceptors (Lipinski definition) is 6. The van der Waals surface area contributed by atoms with Crippen molar-refractivity contribution in [3.05, 3.63) is 42.4 Å². The number of piperidine rings is 1. The third-order valence-electron chi connectivity index (χ3n) is 4.81. The standard InChI is InChI=1S/C20H25F3N6/c1-24-7-2-3-14(4-6-21)16-11-17-18(27-10-9-26-17)19(29-16)28-13-15-12-25-8-5-20(15,22)23/h2-4,9-11,15,24-25H,5-8,12-13H2,1H3,(H,28,29)/b3-2-,14-4+. The highest BCUT2D eigenvalue weighted by molar-refractivity contribution is 5.88. The number of aromatic nitrogens is 3. The molecule has 156 valence electrons. The molecular formula is C20H25F3N6. The van der Waals surface area contributed by atoms with E-state index in [1.807, 2.05) is 13.1 Å². The first kappa shape index (κ1) is 21.2. The predicted molar refractivity (Wildman–Crippen MR) is 109 cm³/mol. The summed E-state index contributed by atoms with van der Waals surface area (Å²) in [6, 6.07) is 1.72. The van der Waals surface area contributed by atoms with Gasteiger partial charge in [0, 0.05) is 45.0 Å². The van der Waals surface area contributed by atoms with Gasteiger partial charge in [-0.3, -0.25) is 4.98 Å². The summed E-state index contributed by atoms with van der Waals surface area (Å²) in [7, 11) is 1.81. The normalized spacial score (nSPS) is 19.7. The molecule has 0 saturated carbocycles. The Labute approximate surface area is 167 Å². The van der Waals surface area contributed by atoms with E-state index in [2.05, 4.69) is 30.9 Å². The molecule has 3 rings (SSSR count). The monoisotopic (exact) mass is 406 g/mol. The van der Waals surface area contributed by atoms with Crippen LogP contribution < -0.4 is 16.0 Å². The third kappa shape index (κ3) is 5.30. The van der Waals surface area contributed by atoms with Crippen LogP contribution in [0.4, 0.5) is 19.0 Å². The van der Waals surface area contributed by atoms with Gasteiger partial charge < -0.3 is 16.0 Å². The fourth-order valence-electron chi connectivity index (χ4n) is 3.21. The van der Waals surface area contributed by atoms with Crippen LogP contribution in [0, 0.1) is 5.92 Å². The first-order valence-corrected chi connectivity index (χ1v) is 9.57. The molecule has 1 saturated heterocycles. The Balaban J connectivity index is 1.92. The van der Waals surface area contributed by atoms with E-state index in [1.54, 1.807) is 18.3 Å². The van der Waals surface area contributed by atoms with Crippen molar-refractivity contribution in [2.75, 3.05) is 45.2 Å². The number of pyridine rings is 1. The van der Waals surface area contributed by atoms with Crippen LogP contribution in [0.5, 0.6) is 0 Å². The minimum absolute atomic E-state index is 0.0415. The number of hydrogen-bond donors (Lipinski definition) is 3. The number of fused-ring (bicyclic) bond motifs is 1. The van der Waals surface area contributed by atoms with Crippen LogP contribution in [0.3, 0.4) is 0 Å². The first-order valence-electron chi connectivity index (χ1n) is 9.57. The van der Waals surface area contributed by atoms with Gasteiger partial charge in [0.2, 0.25) is 0 Å². The Kier molecular flexibility index (Phi) is 7.16. The topological polar surface area (TPSA) is 74.8 Å². The lowest BCUT2D eigenvalue weighted by Crippen LogP contribution is -2.47. The van der Waals surface area contributed by atoms with Gasteiger partial charge in [0.1, 0.15) is 12.2 Å². The van der Waals surface area contributed by atoms with Crippen molar-refractivity contribution >= 4 is 22.4 Å². The Bertz CT molecular complexity index is 884. The lowest BCUT2D eigenvalue weighted by Gasteiger charge is -2.32. The molecule has 2 aromatic rings. The molecule has 0 amide bonds. The number of likely N-dealkylation sites (N-methyl/N-ethyl adjacent to an activating group) is 1. The summed E-state index contributed by atoms with van der Waals surface area (Å²) in [6.45, 7) is 0.541. The molecule has 9 heteroatoms. The van der Waals surface area contributed by atoms with Gasteiger partial charge in [-0.05, 0) is 24.8 Å². The van der Waals surface area contributed by atoms with Crippen molar-refractivity contribution in [1.29, 1.82) is 0 Å². The highest BCUT2D eigenvalue weighted by Crippen LogP contribution is 2.31. The predicted octanol–water partition coefficient (Wildman–Crippen LogP) is 2.81. The summed E-state index contributed by atoms with van der Waals surface area (Å²) in [5, 5.41) is 9.01. The number of nitrogens with one attached hydrogen (secondary N) is 3. The molecule has 1 fully saturated rings. The molecular weight excluding hydrogens is 381 g/mol. The number of nitrogens with zero attached hydrogens (tertiary/aromatic N) is 3. The second kappa shape index (κ2) is 9.80. The maximum Gasteiger partial charge on any atom is 0.255 e. The lowest BCUT2D eigenvalue weighted by atomic mass is 9.95. The van der Waals surface area contributed by atoms with Crippen molar-refractivity contribution in [3.63, 3.8) is 0 Å². The summed E-state index contributed by atoms with van der Waals surface area (Å²) in [6.07, 6.45) is 7.92. The zero-order chi connectivity index (χ0) is 20.7. The average Bonchev–Trinajstić information content (AvgIpc) is 2.72. The highest BCUT2D eigenvalue weighted by atomic mass is 19.3. The zero-order valence-corrected chi connectivity index (χ0v) is 16.3. The van der Waals surface area contributed by atoms with Gasteiger partial charge in [0.15, 0.2) is 5.82 Å². The van der Waals surface area contributed by atoms with Crippen LogP contribution in [0.2, 0.25) is 0 Å². The van der Waals surface area contributed by atoms with Crippen LogP contribution in [0.15, 0.2) is 36.7 Å². The molecule has 2 aromatic heterocycles. The van der Waals surface area contributed by atoms with E-state index in [1.165, 1.54) is 12.3 Å². The zero-order valence-electron chi connectivity index (χ0n) is 16.3. The Morgan fingerprint density at radius 1 is 1.34 bits per heavy atom. The number of halogens is 3. The molecule has 3 N–H and O–H groups in total. The minimum atomic E-state index is -2.74. The molecule has 0 aromatic carbocycles. The number of anilines is 1. The highest BCUT2D eigenvalue weighted by Gasteiger charge is 2.41. The van der Waals surface area contributed by atoms with Crippen LogP contribution in [0.1, 0.15) is 12.1 Å². The third-order valence-corrected chi connectivity index (χ3v) is 4.81. The van der Waals surface area contributed by atoms with Crippen molar-refractivity contribution in [3.8, 4) is 0 Å². The lowest BCUT2D eigenvalue weighted by molar-refractivity contribution is -0.0728. The van der Waals surface area contributed by atoms with E-state index in [-0.39, 0.29) is 19.5 Å². The van der Waals surface area contributed by atoms with Crippen LogP contribution in [-0.2, 0) is 0 Å². The molecule has 1 atom stereocenters. The summed E-state index contributed by atoms with van der Waals surface area (Å²) in [4.78, 5) is 13.1. The van der Waals surface area contributed by atoms with Gasteiger partial charge in [0.25, 0.3) is 5.92 Å². The second-order valence-electron chi connectivity index (χ2n) is 6.85. The number of rotatable bonds is 8. The van der Waals surface area contributed by atoms with Gasteiger partial charge in [0.05, 0.1) is 17.1 Å². The van der Waals surface area contributed by atoms with Crippen LogP contribution in [-0.4, -0.2) is 60.8 Å². The summed E-state index contributed by atoms with van der Waals surface area (Å²) in [5.74, 6) is -3.24. The maximum absolute atomic E-state index is 14.2. The van der Waals surface area contributed by atoms with E-state index < -0.39 is 18.5 Å². The van der Waals surface area contributed by atoms with E-state index in [0.717, 1.165) is 0 Å². The largest absolute Gasteiger partial charge is 0.368 e. The number of alkyl halides is 3. The van der Waals surface area contributed by atoms with E-state index >= 15 is 0 Å². The quantitative estimate of drug-likeness (QED) is 0.586. The van der Waals surface area contributed by atoms with Gasteiger partial charge in [-0.25, -0.2) is 23.1 Å². The van der Waals surface area contributed by atoms with Gasteiger partial charge in [-0.15, -0.1) is 0 Å². The van der Waals surface area contributed by atoms with E-state index in [9.17, 15) is 13.2 Å². The maximum atomic E-state index is 14.2.